The van der Waals surface area contributed by atoms with Crippen molar-refractivity contribution in [3.63, 3.8) is 0 Å². The minimum Gasteiger partial charge on any atom is -0.454 e. The van der Waals surface area contributed by atoms with E-state index in [0.29, 0.717) is 17.9 Å². The van der Waals surface area contributed by atoms with E-state index in [-0.39, 0.29) is 18.6 Å². The van der Waals surface area contributed by atoms with Crippen molar-refractivity contribution in [3.8, 4) is 11.5 Å². The van der Waals surface area contributed by atoms with Gasteiger partial charge < -0.3 is 14.4 Å². The fourth-order valence-electron chi connectivity index (χ4n) is 3.02. The number of carbonyl (C=O) groups excluding carboxylic acids is 1. The largest absolute Gasteiger partial charge is 0.454 e. The van der Waals surface area contributed by atoms with E-state index in [1.165, 1.54) is 0 Å². The van der Waals surface area contributed by atoms with E-state index in [1.54, 1.807) is 11.9 Å². The number of ether oxygens (including phenoxy) is 2. The maximum Gasteiger partial charge on any atom is 0.231 e. The van der Waals surface area contributed by atoms with Crippen molar-refractivity contribution in [3.05, 3.63) is 35.2 Å². The number of benzene rings is 1. The van der Waals surface area contributed by atoms with E-state index in [1.807, 2.05) is 32.0 Å². The molecule has 23 heavy (non-hydrogen) atoms. The summed E-state index contributed by atoms with van der Waals surface area (Å²) in [5.41, 5.74) is 3.89. The van der Waals surface area contributed by atoms with Crippen molar-refractivity contribution >= 4 is 11.6 Å². The number of rotatable bonds is 4. The molecule has 0 saturated heterocycles. The lowest BCUT2D eigenvalue weighted by Gasteiger charge is -2.20. The van der Waals surface area contributed by atoms with Gasteiger partial charge in [0.15, 0.2) is 11.5 Å². The van der Waals surface area contributed by atoms with Gasteiger partial charge in [-0.05, 0) is 37.5 Å². The highest BCUT2D eigenvalue weighted by Gasteiger charge is 2.22. The van der Waals surface area contributed by atoms with Crippen LogP contribution < -0.4 is 14.4 Å². The van der Waals surface area contributed by atoms with Gasteiger partial charge in [0.05, 0.1) is 5.69 Å². The van der Waals surface area contributed by atoms with Crippen LogP contribution >= 0.6 is 0 Å². The van der Waals surface area contributed by atoms with Crippen molar-refractivity contribution < 1.29 is 14.3 Å². The Bertz CT molecular complexity index is 719. The fourth-order valence-corrected chi connectivity index (χ4v) is 3.02. The van der Waals surface area contributed by atoms with Crippen LogP contribution in [0.5, 0.6) is 11.5 Å². The first kappa shape index (κ1) is 15.4. The van der Waals surface area contributed by atoms with Crippen LogP contribution in [0.4, 0.5) is 5.69 Å². The Morgan fingerprint density at radius 1 is 1.35 bits per heavy atom. The number of nitrogens with one attached hydrogen (secondary N) is 1. The Hall–Kier alpha value is -2.50. The van der Waals surface area contributed by atoms with Crippen LogP contribution in [-0.2, 0) is 4.79 Å². The molecule has 122 valence electrons. The number of aryl methyl sites for hydroxylation is 2. The van der Waals surface area contributed by atoms with Crippen LogP contribution in [0.3, 0.4) is 0 Å². The molecule has 0 unspecified atom stereocenters. The zero-order chi connectivity index (χ0) is 16.6. The van der Waals surface area contributed by atoms with Gasteiger partial charge in [-0.2, -0.15) is 5.10 Å². The molecule has 1 atom stereocenters. The summed E-state index contributed by atoms with van der Waals surface area (Å²) in [6.45, 7) is 6.22. The Kier molecular flexibility index (Phi) is 3.98. The molecule has 2 heterocycles. The summed E-state index contributed by atoms with van der Waals surface area (Å²) in [6.07, 6.45) is 0.423. The molecule has 0 radical (unpaired) electrons. The Balaban J connectivity index is 1.73. The van der Waals surface area contributed by atoms with Crippen LogP contribution in [0.1, 0.15) is 36.2 Å². The van der Waals surface area contributed by atoms with Gasteiger partial charge in [0.25, 0.3) is 0 Å². The fraction of sp³-hybridized carbons (Fsp3) is 0.412. The van der Waals surface area contributed by atoms with Crippen molar-refractivity contribution in [2.24, 2.45) is 0 Å². The summed E-state index contributed by atoms with van der Waals surface area (Å²) in [4.78, 5) is 14.3. The van der Waals surface area contributed by atoms with Crippen LogP contribution in [0.15, 0.2) is 18.2 Å². The molecule has 1 aromatic carbocycles. The molecule has 1 aliphatic heterocycles. The Morgan fingerprint density at radius 2 is 2.09 bits per heavy atom. The van der Waals surface area contributed by atoms with E-state index >= 15 is 0 Å². The van der Waals surface area contributed by atoms with Gasteiger partial charge in [-0.3, -0.25) is 9.89 Å². The normalized spacial score (nSPS) is 13.9. The molecule has 0 bridgehead atoms. The molecule has 0 saturated carbocycles. The highest BCUT2D eigenvalue weighted by molar-refractivity contribution is 5.93. The third kappa shape index (κ3) is 2.88. The molecule has 0 spiro atoms. The molecule has 0 fully saturated rings. The van der Waals surface area contributed by atoms with Gasteiger partial charge in [-0.25, -0.2) is 0 Å². The summed E-state index contributed by atoms with van der Waals surface area (Å²) >= 11 is 0. The van der Waals surface area contributed by atoms with Crippen molar-refractivity contribution in [2.45, 2.75) is 33.1 Å². The van der Waals surface area contributed by atoms with E-state index in [0.717, 1.165) is 22.6 Å². The topological polar surface area (TPSA) is 67.5 Å². The summed E-state index contributed by atoms with van der Waals surface area (Å²) in [6, 6.07) is 5.53. The van der Waals surface area contributed by atoms with Crippen molar-refractivity contribution in [2.75, 3.05) is 18.7 Å². The molecule has 3 rings (SSSR count). The number of H-pyrrole nitrogens is 1. The minimum atomic E-state index is 0.0522. The van der Waals surface area contributed by atoms with E-state index in [2.05, 4.69) is 17.1 Å². The molecular weight excluding hydrogens is 294 g/mol. The number of aromatic amines is 1. The predicted octanol–water partition coefficient (Wildman–Crippen LogP) is 2.91. The van der Waals surface area contributed by atoms with Gasteiger partial charge in [-0.1, -0.05) is 6.92 Å². The quantitative estimate of drug-likeness (QED) is 0.942. The van der Waals surface area contributed by atoms with Gasteiger partial charge in [0.2, 0.25) is 12.7 Å². The highest BCUT2D eigenvalue weighted by Crippen LogP contribution is 2.35. The lowest BCUT2D eigenvalue weighted by molar-refractivity contribution is -0.118. The number of carbonyl (C=O) groups is 1. The second kappa shape index (κ2) is 5.95. The highest BCUT2D eigenvalue weighted by atomic mass is 16.7. The zero-order valence-corrected chi connectivity index (χ0v) is 13.8. The van der Waals surface area contributed by atoms with Crippen LogP contribution in [0, 0.1) is 13.8 Å². The predicted molar refractivity (Wildman–Crippen MR) is 87.1 cm³/mol. The van der Waals surface area contributed by atoms with Gasteiger partial charge in [-0.15, -0.1) is 0 Å². The Morgan fingerprint density at radius 3 is 2.78 bits per heavy atom. The monoisotopic (exact) mass is 315 g/mol. The lowest BCUT2D eigenvalue weighted by Crippen LogP contribution is -2.27. The number of hydrogen-bond acceptors (Lipinski definition) is 4. The third-order valence-electron chi connectivity index (χ3n) is 4.28. The number of anilines is 1. The molecule has 1 amide bonds. The molecule has 6 nitrogen and oxygen atoms in total. The van der Waals surface area contributed by atoms with Crippen LogP contribution in [-0.4, -0.2) is 29.9 Å². The van der Waals surface area contributed by atoms with Gasteiger partial charge in [0.1, 0.15) is 0 Å². The second-order valence-corrected chi connectivity index (χ2v) is 5.94. The molecule has 2 aromatic rings. The molecular formula is C17H21N3O3. The average Bonchev–Trinajstić information content (AvgIpc) is 3.11. The smallest absolute Gasteiger partial charge is 0.231 e. The maximum absolute atomic E-state index is 12.6. The molecule has 1 N–H and O–H groups in total. The number of fused-ring (bicyclic) bond motifs is 1. The average molecular weight is 315 g/mol. The van der Waals surface area contributed by atoms with Gasteiger partial charge in [0, 0.05) is 30.9 Å². The molecule has 1 aliphatic rings. The number of aromatic nitrogens is 2. The number of amides is 1. The molecule has 0 aliphatic carbocycles. The molecule has 1 aromatic heterocycles. The maximum atomic E-state index is 12.6. The number of nitrogens with zero attached hydrogens (tertiary/aromatic N) is 2. The van der Waals surface area contributed by atoms with Gasteiger partial charge >= 0.3 is 0 Å². The third-order valence-corrected chi connectivity index (χ3v) is 4.28. The zero-order valence-electron chi connectivity index (χ0n) is 13.8. The van der Waals surface area contributed by atoms with Crippen molar-refractivity contribution in [1.82, 2.24) is 10.2 Å². The first-order valence-corrected chi connectivity index (χ1v) is 7.65. The second-order valence-electron chi connectivity index (χ2n) is 5.94. The van der Waals surface area contributed by atoms with Crippen molar-refractivity contribution in [1.29, 1.82) is 0 Å². The Labute approximate surface area is 135 Å². The minimum absolute atomic E-state index is 0.0522. The molecule has 6 heteroatoms. The first-order valence-electron chi connectivity index (χ1n) is 7.65. The number of hydrogen-bond donors (Lipinski definition) is 1. The SMILES string of the molecule is Cc1n[nH]c(C)c1[C@H](C)CC(=O)N(C)c1ccc2c(c1)OCO2. The summed E-state index contributed by atoms with van der Waals surface area (Å²) in [5.74, 6) is 1.55. The van der Waals surface area contributed by atoms with E-state index in [4.69, 9.17) is 9.47 Å². The van der Waals surface area contributed by atoms with E-state index < -0.39 is 0 Å². The summed E-state index contributed by atoms with van der Waals surface area (Å²) < 4.78 is 10.7. The standard InChI is InChI=1S/C17H21N3O3/c1-10(17-11(2)18-19-12(17)3)7-16(21)20(4)13-5-6-14-15(8-13)23-9-22-14/h5-6,8,10H,7,9H2,1-4H3,(H,18,19)/t10-/m1/s1. The summed E-state index contributed by atoms with van der Waals surface area (Å²) in [7, 11) is 1.78. The van der Waals surface area contributed by atoms with Crippen LogP contribution in [0.2, 0.25) is 0 Å². The van der Waals surface area contributed by atoms with E-state index in [9.17, 15) is 4.79 Å². The lowest BCUT2D eigenvalue weighted by atomic mass is 9.95. The van der Waals surface area contributed by atoms with Crippen LogP contribution in [0.25, 0.3) is 0 Å². The summed E-state index contributed by atoms with van der Waals surface area (Å²) in [5, 5.41) is 7.18. The first-order chi connectivity index (χ1) is 11.0.